The van der Waals surface area contributed by atoms with Crippen LogP contribution < -0.4 is 10.6 Å². The number of thioether (sulfide) groups is 1. The van der Waals surface area contributed by atoms with Crippen LogP contribution in [0.3, 0.4) is 0 Å². The molecule has 0 aliphatic rings. The van der Waals surface area contributed by atoms with Gasteiger partial charge in [-0.3, -0.25) is 4.79 Å². The van der Waals surface area contributed by atoms with Gasteiger partial charge in [0.1, 0.15) is 0 Å². The molecular formula is C17H17ClN4OS3. The number of hydrogen-bond donors (Lipinski definition) is 2. The highest BCUT2D eigenvalue weighted by Gasteiger charge is 2.10. The molecule has 136 valence electrons. The van der Waals surface area contributed by atoms with E-state index in [0.717, 1.165) is 22.0 Å². The maximum Gasteiger partial charge on any atom is 0.230 e. The van der Waals surface area contributed by atoms with Crippen molar-refractivity contribution in [1.82, 2.24) is 15.5 Å². The molecule has 0 saturated heterocycles. The first-order chi connectivity index (χ1) is 12.6. The van der Waals surface area contributed by atoms with E-state index < -0.39 is 0 Å². The lowest BCUT2D eigenvalue weighted by Crippen LogP contribution is -2.27. The standard InChI is InChI=1S/C17H17ClN4OS3/c1-11-13(18)5-2-6-14(11)20-16-21-22-17(26-16)25-10-15(23)19-8-7-12-4-3-9-24-12/h2-6,9H,7-8,10H2,1H3,(H,19,23)(H,20,21). The SMILES string of the molecule is Cc1c(Cl)cccc1Nc1nnc(SCC(=O)NCCc2cccs2)s1. The summed E-state index contributed by atoms with van der Waals surface area (Å²) in [6.07, 6.45) is 0.861. The van der Waals surface area contributed by atoms with E-state index in [1.165, 1.54) is 28.0 Å². The van der Waals surface area contributed by atoms with Crippen LogP contribution in [0.2, 0.25) is 5.02 Å². The highest BCUT2D eigenvalue weighted by Crippen LogP contribution is 2.30. The Hall–Kier alpha value is -1.61. The number of benzene rings is 1. The molecule has 0 bridgehead atoms. The molecule has 9 heteroatoms. The Morgan fingerprint density at radius 2 is 2.15 bits per heavy atom. The lowest BCUT2D eigenvalue weighted by Gasteiger charge is -2.06. The van der Waals surface area contributed by atoms with Crippen molar-refractivity contribution in [2.24, 2.45) is 0 Å². The largest absolute Gasteiger partial charge is 0.355 e. The molecule has 0 unspecified atom stereocenters. The molecule has 0 saturated carbocycles. The second-order valence-electron chi connectivity index (χ2n) is 5.38. The topological polar surface area (TPSA) is 66.9 Å². The van der Waals surface area contributed by atoms with Crippen LogP contribution in [0, 0.1) is 6.92 Å². The van der Waals surface area contributed by atoms with Gasteiger partial charge in [-0.05, 0) is 42.5 Å². The van der Waals surface area contributed by atoms with Gasteiger partial charge in [0.05, 0.1) is 5.75 Å². The van der Waals surface area contributed by atoms with E-state index in [0.29, 0.717) is 22.5 Å². The van der Waals surface area contributed by atoms with Crippen molar-refractivity contribution in [3.8, 4) is 0 Å². The molecular weight excluding hydrogens is 408 g/mol. The summed E-state index contributed by atoms with van der Waals surface area (Å²) in [6.45, 7) is 2.60. The average molecular weight is 425 g/mol. The molecule has 2 aromatic heterocycles. The van der Waals surface area contributed by atoms with Gasteiger partial charge in [0.2, 0.25) is 11.0 Å². The normalized spacial score (nSPS) is 10.7. The van der Waals surface area contributed by atoms with Crippen LogP contribution >= 0.6 is 46.0 Å². The van der Waals surface area contributed by atoms with Gasteiger partial charge in [-0.15, -0.1) is 21.5 Å². The Labute approximate surface area is 169 Å². The highest BCUT2D eigenvalue weighted by atomic mass is 35.5. The minimum atomic E-state index is 0.00181. The van der Waals surface area contributed by atoms with Crippen molar-refractivity contribution in [1.29, 1.82) is 0 Å². The Morgan fingerprint density at radius 3 is 2.96 bits per heavy atom. The van der Waals surface area contributed by atoms with Crippen molar-refractivity contribution in [2.45, 2.75) is 17.7 Å². The summed E-state index contributed by atoms with van der Waals surface area (Å²) in [5.41, 5.74) is 1.86. The monoisotopic (exact) mass is 424 g/mol. The quantitative estimate of drug-likeness (QED) is 0.510. The zero-order valence-electron chi connectivity index (χ0n) is 14.0. The van der Waals surface area contributed by atoms with E-state index in [2.05, 4.69) is 26.9 Å². The number of carbonyl (C=O) groups is 1. The first-order valence-corrected chi connectivity index (χ1v) is 11.0. The fourth-order valence-corrected chi connectivity index (χ4v) is 4.61. The maximum absolute atomic E-state index is 11.9. The van der Waals surface area contributed by atoms with Gasteiger partial charge in [-0.25, -0.2) is 0 Å². The van der Waals surface area contributed by atoms with E-state index in [-0.39, 0.29) is 5.91 Å². The number of nitrogens with zero attached hydrogens (tertiary/aromatic N) is 2. The summed E-state index contributed by atoms with van der Waals surface area (Å²) in [6, 6.07) is 9.76. The van der Waals surface area contributed by atoms with Crippen molar-refractivity contribution in [3.05, 3.63) is 51.2 Å². The molecule has 3 rings (SSSR count). The molecule has 2 heterocycles. The van der Waals surface area contributed by atoms with E-state index in [4.69, 9.17) is 11.6 Å². The number of hydrogen-bond acceptors (Lipinski definition) is 7. The summed E-state index contributed by atoms with van der Waals surface area (Å²) in [4.78, 5) is 13.2. The van der Waals surface area contributed by atoms with Crippen LogP contribution in [0.4, 0.5) is 10.8 Å². The lowest BCUT2D eigenvalue weighted by molar-refractivity contribution is -0.118. The molecule has 26 heavy (non-hydrogen) atoms. The second-order valence-corrected chi connectivity index (χ2v) is 9.02. The van der Waals surface area contributed by atoms with Crippen molar-refractivity contribution in [2.75, 3.05) is 17.6 Å². The Bertz CT molecular complexity index is 867. The van der Waals surface area contributed by atoms with Crippen LogP contribution in [0.15, 0.2) is 40.1 Å². The lowest BCUT2D eigenvalue weighted by atomic mass is 10.2. The van der Waals surface area contributed by atoms with E-state index >= 15 is 0 Å². The maximum atomic E-state index is 11.9. The van der Waals surface area contributed by atoms with Crippen LogP contribution in [0.25, 0.3) is 0 Å². The molecule has 5 nitrogen and oxygen atoms in total. The number of anilines is 2. The third-order valence-electron chi connectivity index (χ3n) is 3.52. The van der Waals surface area contributed by atoms with Gasteiger partial charge < -0.3 is 10.6 Å². The number of aromatic nitrogens is 2. The van der Waals surface area contributed by atoms with Crippen LogP contribution in [0.5, 0.6) is 0 Å². The predicted octanol–water partition coefficient (Wildman–Crippen LogP) is 4.76. The van der Waals surface area contributed by atoms with Crippen LogP contribution in [-0.4, -0.2) is 28.4 Å². The van der Waals surface area contributed by atoms with E-state index in [9.17, 15) is 4.79 Å². The van der Waals surface area contributed by atoms with E-state index in [1.807, 2.05) is 36.6 Å². The summed E-state index contributed by atoms with van der Waals surface area (Å²) in [5.74, 6) is 0.330. The zero-order valence-corrected chi connectivity index (χ0v) is 17.2. The number of halogens is 1. The molecule has 0 spiro atoms. The number of rotatable bonds is 8. The Morgan fingerprint density at radius 1 is 1.27 bits per heavy atom. The summed E-state index contributed by atoms with van der Waals surface area (Å²) in [5, 5.41) is 17.8. The van der Waals surface area contributed by atoms with Gasteiger partial charge >= 0.3 is 0 Å². The molecule has 1 aromatic carbocycles. The number of nitrogens with one attached hydrogen (secondary N) is 2. The molecule has 0 fully saturated rings. The average Bonchev–Trinajstić information content (AvgIpc) is 3.29. The smallest absolute Gasteiger partial charge is 0.230 e. The van der Waals surface area contributed by atoms with Gasteiger partial charge in [0, 0.05) is 22.1 Å². The second kappa shape index (κ2) is 9.36. The number of amides is 1. The van der Waals surface area contributed by atoms with Crippen LogP contribution in [0.1, 0.15) is 10.4 Å². The minimum absolute atomic E-state index is 0.00181. The van der Waals surface area contributed by atoms with E-state index in [1.54, 1.807) is 11.3 Å². The fourth-order valence-electron chi connectivity index (χ4n) is 2.13. The third-order valence-corrected chi connectivity index (χ3v) is 6.83. The molecule has 2 N–H and O–H groups in total. The Kier molecular flexibility index (Phi) is 6.90. The summed E-state index contributed by atoms with van der Waals surface area (Å²) in [7, 11) is 0. The summed E-state index contributed by atoms with van der Waals surface area (Å²) >= 11 is 10.6. The molecule has 0 atom stereocenters. The van der Waals surface area contributed by atoms with Crippen molar-refractivity contribution >= 4 is 62.8 Å². The zero-order chi connectivity index (χ0) is 18.4. The molecule has 0 aliphatic carbocycles. The minimum Gasteiger partial charge on any atom is -0.355 e. The predicted molar refractivity (Wildman–Crippen MR) is 111 cm³/mol. The van der Waals surface area contributed by atoms with Gasteiger partial charge in [-0.1, -0.05) is 46.8 Å². The fraction of sp³-hybridized carbons (Fsp3) is 0.235. The molecule has 0 radical (unpaired) electrons. The first-order valence-electron chi connectivity index (χ1n) is 7.89. The highest BCUT2D eigenvalue weighted by molar-refractivity contribution is 8.01. The Balaban J connectivity index is 1.44. The van der Waals surface area contributed by atoms with Gasteiger partial charge in [0.25, 0.3) is 0 Å². The van der Waals surface area contributed by atoms with Crippen molar-refractivity contribution < 1.29 is 4.79 Å². The van der Waals surface area contributed by atoms with Gasteiger partial charge in [-0.2, -0.15) is 0 Å². The summed E-state index contributed by atoms with van der Waals surface area (Å²) < 4.78 is 0.751. The molecule has 0 aliphatic heterocycles. The molecule has 3 aromatic rings. The molecule has 1 amide bonds. The van der Waals surface area contributed by atoms with Gasteiger partial charge in [0.15, 0.2) is 4.34 Å². The number of carbonyl (C=O) groups excluding carboxylic acids is 1. The first kappa shape index (κ1) is 19.2. The third kappa shape index (κ3) is 5.44. The van der Waals surface area contributed by atoms with Crippen molar-refractivity contribution in [3.63, 3.8) is 0 Å². The number of thiophene rings is 1. The van der Waals surface area contributed by atoms with Crippen LogP contribution in [-0.2, 0) is 11.2 Å².